The van der Waals surface area contributed by atoms with Crippen LogP contribution in [0.4, 0.5) is 0 Å². The van der Waals surface area contributed by atoms with Crippen molar-refractivity contribution in [3.8, 4) is 0 Å². The zero-order valence-corrected chi connectivity index (χ0v) is 77.3. The highest BCUT2D eigenvalue weighted by Gasteiger charge is 2.69. The molecule has 40 heteroatoms. The predicted molar refractivity (Wildman–Crippen MR) is 452 cm³/mol. The standard InChI is InChI=1S/C87H124O36S4/c1-83(2,3)57-33-23-53(24-34-57)43-102-66-63(49-107-127(95,96)97)110-79(73(105-46-56-29-39-60(40-30-56)86(10,11)12)69(66)103-44-54-25-35-58(36-26-54)84(4,5)6)111-68-62(48-101-65(89)42-32-52-21-17-18-22-52)109-80(76(117-126-123-120-94)71(68)115-124-121-118-92)113-77-72(98-13)74-81(114-87(77,50-106-74)82(90)91)112-67-61(47-100-64(88)41-31-51-19-15-16-20-51)108-78(99-14)75(116-125-122-119-93)70(67)104-45-55-27-37-59(38-28-55)85(7,8)9/h23-30,33-40,51-52,61-63,66-81,92-94H,15-22,31-32,41-50H2,1-14H3,(H,90,91)(H,95,96,97)/t61?,62?,63?,66-,67-,68-,69+,70+,71+,72?,73?,74-,75?,76?,77+,78+,79+,80+,81-,87?/m1/s1. The summed E-state index contributed by atoms with van der Waals surface area (Å²) in [7, 11) is -2.74. The highest BCUT2D eigenvalue weighted by Crippen LogP contribution is 2.48. The lowest BCUT2D eigenvalue weighted by atomic mass is 9.83. The van der Waals surface area contributed by atoms with Gasteiger partial charge in [-0.2, -0.15) is 8.42 Å². The van der Waals surface area contributed by atoms with Crippen molar-refractivity contribution in [2.45, 2.75) is 331 Å². The molecule has 0 aromatic heterocycles. The van der Waals surface area contributed by atoms with Crippen molar-refractivity contribution >= 4 is 65.3 Å². The Balaban J connectivity index is 0.993. The summed E-state index contributed by atoms with van der Waals surface area (Å²) in [5.74, 6) is -2.41. The summed E-state index contributed by atoms with van der Waals surface area (Å²) in [5, 5.41) is 52.7. The fourth-order valence-electron chi connectivity index (χ4n) is 16.8. The lowest BCUT2D eigenvalue weighted by Gasteiger charge is -2.57. The van der Waals surface area contributed by atoms with Crippen LogP contribution in [-0.2, 0) is 194 Å². The van der Waals surface area contributed by atoms with Gasteiger partial charge in [-0.15, -0.1) is 13.0 Å². The first-order chi connectivity index (χ1) is 60.5. The molecule has 12 rings (SSSR count). The largest absolute Gasteiger partial charge is 0.479 e. The molecule has 0 spiro atoms. The highest BCUT2D eigenvalue weighted by molar-refractivity contribution is 7.90. The molecule has 6 aliphatic heterocycles. The van der Waals surface area contributed by atoms with Gasteiger partial charge in [0.25, 0.3) is 0 Å². The fourth-order valence-corrected chi connectivity index (χ4v) is 18.2. The SMILES string of the molecule is COC1[C@H]2OCC(C(=O)O)(O[C@H]2O[C@@H]2C(COC(=O)CCC3CCCC3)O[C@H](OC)C(OSOOO)[C@H]2OCc2ccc(C(C)(C)C)cc2)[C@H]1O[C@@H]1OC(COC(=O)CCC2CCCC2)[C@@H](O[C@@H]2OC(COS(=O)(=O)O)[C@@H](OCc3ccc(C(C)(C)C)cc3)[C@H](OCc3ccc(C(C)(C)C)cc3)C2OCc2ccc(C(C)(C)C)cc2)[C@H](OSOOO)C1OSOOO. The maximum atomic E-state index is 14.7. The molecule has 4 aromatic carbocycles. The number of ether oxygens (including phenoxy) is 16. The second-order valence-electron chi connectivity index (χ2n) is 36.9. The molecule has 6 saturated heterocycles. The molecule has 8 unspecified atom stereocenters. The number of hydrogen-bond donors (Lipinski definition) is 5. The Morgan fingerprint density at radius 1 is 0.433 bits per heavy atom. The third-order valence-electron chi connectivity index (χ3n) is 24.0. The number of benzene rings is 4. The summed E-state index contributed by atoms with van der Waals surface area (Å²) in [4.78, 5) is 42.9. The topological polar surface area (TPSA) is 426 Å². The summed E-state index contributed by atoms with van der Waals surface area (Å²) in [5.41, 5.74) is 3.05. The van der Waals surface area contributed by atoms with Crippen LogP contribution in [-0.4, -0.2) is 215 Å². The minimum Gasteiger partial charge on any atom is -0.479 e. The molecule has 0 radical (unpaired) electrons. The Hall–Kier alpha value is -4.83. The Labute approximate surface area is 754 Å². The molecule has 8 fully saturated rings. The van der Waals surface area contributed by atoms with Gasteiger partial charge in [0.2, 0.25) is 5.60 Å². The van der Waals surface area contributed by atoms with Crippen LogP contribution in [0.2, 0.25) is 0 Å². The van der Waals surface area contributed by atoms with E-state index in [0.717, 1.165) is 73.6 Å². The zero-order valence-electron chi connectivity index (χ0n) is 74.0. The van der Waals surface area contributed by atoms with Crippen molar-refractivity contribution in [3.05, 3.63) is 142 Å². The quantitative estimate of drug-likeness (QED) is 0.00685. The van der Waals surface area contributed by atoms with Gasteiger partial charge in [0.05, 0.1) is 39.6 Å². The van der Waals surface area contributed by atoms with Gasteiger partial charge in [0.15, 0.2) is 74.3 Å². The van der Waals surface area contributed by atoms with Crippen LogP contribution in [0, 0.1) is 11.8 Å². The Kier molecular flexibility index (Phi) is 38.3. The van der Waals surface area contributed by atoms with E-state index in [-0.39, 0.29) is 104 Å². The van der Waals surface area contributed by atoms with E-state index in [4.69, 9.17) is 106 Å². The van der Waals surface area contributed by atoms with Crippen molar-refractivity contribution in [1.29, 1.82) is 0 Å². The van der Waals surface area contributed by atoms with E-state index in [1.54, 1.807) is 0 Å². The molecule has 712 valence electrons. The Morgan fingerprint density at radius 2 is 0.787 bits per heavy atom. The van der Waals surface area contributed by atoms with Crippen molar-refractivity contribution in [3.63, 3.8) is 0 Å². The molecule has 5 N–H and O–H groups in total. The lowest BCUT2D eigenvalue weighted by Crippen LogP contribution is -2.77. The van der Waals surface area contributed by atoms with Crippen LogP contribution in [0.3, 0.4) is 0 Å². The van der Waals surface area contributed by atoms with Crippen molar-refractivity contribution in [1.82, 2.24) is 0 Å². The number of carboxylic acid groups (broad SMARTS) is 1. The summed E-state index contributed by atoms with van der Waals surface area (Å²) < 4.78 is 182. The van der Waals surface area contributed by atoms with Gasteiger partial charge in [-0.05, 0) is 90.8 Å². The number of hydrogen-bond acceptors (Lipinski definition) is 37. The van der Waals surface area contributed by atoms with E-state index >= 15 is 0 Å². The molecule has 2 aliphatic carbocycles. The number of fused-ring (bicyclic) bond motifs is 3. The van der Waals surface area contributed by atoms with E-state index < -0.39 is 177 Å². The minimum atomic E-state index is -5.28. The van der Waals surface area contributed by atoms with Crippen LogP contribution in [0.1, 0.15) is 205 Å². The van der Waals surface area contributed by atoms with E-state index in [9.17, 15) is 48.2 Å². The van der Waals surface area contributed by atoms with Crippen LogP contribution < -0.4 is 0 Å². The molecule has 20 atom stereocenters. The molecule has 2 bridgehead atoms. The zero-order chi connectivity index (χ0) is 91.4. The van der Waals surface area contributed by atoms with E-state index in [1.165, 1.54) is 14.2 Å². The molecule has 2 saturated carbocycles. The van der Waals surface area contributed by atoms with Crippen LogP contribution >= 0.6 is 37.0 Å². The summed E-state index contributed by atoms with van der Waals surface area (Å²) >= 11 is 0.117. The van der Waals surface area contributed by atoms with Gasteiger partial charge < -0.3 is 80.9 Å². The van der Waals surface area contributed by atoms with Crippen LogP contribution in [0.5, 0.6) is 0 Å². The summed E-state index contributed by atoms with van der Waals surface area (Å²) in [6, 6.07) is 30.7. The van der Waals surface area contributed by atoms with E-state index in [0.29, 0.717) is 41.0 Å². The van der Waals surface area contributed by atoms with Crippen molar-refractivity contribution in [2.75, 3.05) is 40.6 Å². The number of carbonyl (C=O) groups is 3. The average molecular weight is 1870 g/mol. The number of methoxy groups -OCH3 is 2. The molecular formula is C87H124O36S4. The van der Waals surface area contributed by atoms with Gasteiger partial charge in [-0.3, -0.25) is 26.7 Å². The maximum absolute atomic E-state index is 14.7. The Bertz CT molecular complexity index is 4120. The van der Waals surface area contributed by atoms with Gasteiger partial charge in [0, 0.05) is 27.1 Å². The van der Waals surface area contributed by atoms with E-state index in [2.05, 4.69) is 98.2 Å². The van der Waals surface area contributed by atoms with Gasteiger partial charge >= 0.3 is 28.3 Å². The smallest absolute Gasteiger partial charge is 0.397 e. The maximum Gasteiger partial charge on any atom is 0.397 e. The summed E-state index contributed by atoms with van der Waals surface area (Å²) in [6.45, 7) is 21.2. The van der Waals surface area contributed by atoms with Gasteiger partial charge in [0.1, 0.15) is 92.6 Å². The number of aliphatic carboxylic acids is 1. The minimum absolute atomic E-state index is 0.0193. The average Bonchev–Trinajstić information content (AvgIpc) is 1.10. The van der Waals surface area contributed by atoms with Gasteiger partial charge in [-0.25, -0.2) is 24.7 Å². The second kappa shape index (κ2) is 47.4. The summed E-state index contributed by atoms with van der Waals surface area (Å²) in [6.07, 6.45) is -22.2. The van der Waals surface area contributed by atoms with Gasteiger partial charge in [-0.1, -0.05) is 247 Å². The molecular weight excluding hydrogens is 1750 g/mol. The highest BCUT2D eigenvalue weighted by atomic mass is 32.3. The lowest BCUT2D eigenvalue weighted by molar-refractivity contribution is -0.439. The van der Waals surface area contributed by atoms with Crippen LogP contribution in [0.15, 0.2) is 97.1 Å². The monoisotopic (exact) mass is 1870 g/mol. The molecule has 127 heavy (non-hydrogen) atoms. The molecule has 0 amide bonds. The number of rotatable bonds is 46. The molecule has 8 aliphatic rings. The molecule has 6 heterocycles. The van der Waals surface area contributed by atoms with E-state index in [1.807, 2.05) is 97.1 Å². The number of carbonyl (C=O) groups excluding carboxylic acids is 2. The number of carboxylic acids is 1. The third kappa shape index (κ3) is 28.6. The number of esters is 2. The normalized spacial score (nSPS) is 29.4. The second-order valence-corrected chi connectivity index (χ2v) is 39.4. The first kappa shape index (κ1) is 103. The fraction of sp³-hybridized carbons (Fsp3) is 0.690. The predicted octanol–water partition coefficient (Wildman–Crippen LogP) is 14.0. The van der Waals surface area contributed by atoms with Crippen molar-refractivity contribution < 1.29 is 169 Å². The first-order valence-electron chi connectivity index (χ1n) is 42.7. The Morgan fingerprint density at radius 3 is 1.17 bits per heavy atom. The van der Waals surface area contributed by atoms with Crippen molar-refractivity contribution in [2.24, 2.45) is 11.8 Å². The first-order valence-corrected chi connectivity index (χ1v) is 46.1. The van der Waals surface area contributed by atoms with Crippen LogP contribution in [0.25, 0.3) is 0 Å². The third-order valence-corrected chi connectivity index (χ3v) is 25.7. The molecule has 36 nitrogen and oxygen atoms in total. The molecule has 4 aromatic rings.